The number of aliphatic hydroxyl groups is 1. The molecule has 0 bridgehead atoms. The number of benzene rings is 1. The normalized spacial score (nSPS) is 15.4. The fraction of sp³-hybridized carbons (Fsp3) is 0.462. The number of aliphatic hydroxyl groups excluding tert-OH is 1. The predicted molar refractivity (Wildman–Crippen MR) is 62.3 cm³/mol. The Morgan fingerprint density at radius 3 is 2.65 bits per heavy atom. The van der Waals surface area contributed by atoms with Crippen LogP contribution >= 0.6 is 0 Å². The van der Waals surface area contributed by atoms with E-state index in [9.17, 15) is 4.79 Å². The molecule has 1 fully saturated rings. The van der Waals surface area contributed by atoms with Gasteiger partial charge in [-0.15, -0.1) is 0 Å². The van der Waals surface area contributed by atoms with Crippen LogP contribution in [0.25, 0.3) is 0 Å². The minimum atomic E-state index is -1.02. The number of aryl methyl sites for hydroxylation is 1. The number of carbonyl (C=O) groups is 1. The summed E-state index contributed by atoms with van der Waals surface area (Å²) < 4.78 is 5.71. The lowest BCUT2D eigenvalue weighted by atomic mass is 9.95. The van der Waals surface area contributed by atoms with Crippen molar-refractivity contribution in [2.24, 2.45) is 0 Å². The Morgan fingerprint density at radius 1 is 1.47 bits per heavy atom. The van der Waals surface area contributed by atoms with Crippen molar-refractivity contribution in [1.82, 2.24) is 0 Å². The highest BCUT2D eigenvalue weighted by Crippen LogP contribution is 2.31. The monoisotopic (exact) mass is 236 g/mol. The highest BCUT2D eigenvalue weighted by atomic mass is 16.5. The van der Waals surface area contributed by atoms with Crippen molar-refractivity contribution in [2.45, 2.75) is 38.9 Å². The third kappa shape index (κ3) is 2.42. The third-order valence-electron chi connectivity index (χ3n) is 3.08. The van der Waals surface area contributed by atoms with Crippen molar-refractivity contribution in [2.75, 3.05) is 0 Å². The first kappa shape index (κ1) is 11.9. The van der Waals surface area contributed by atoms with Crippen LogP contribution in [0.4, 0.5) is 0 Å². The molecule has 4 nitrogen and oxygen atoms in total. The van der Waals surface area contributed by atoms with E-state index in [2.05, 4.69) is 0 Å². The SMILES string of the molecule is Cc1cc(CO)cc(C(=O)O)c1OC1CCC1. The zero-order chi connectivity index (χ0) is 12.4. The number of carboxylic acid groups (broad SMARTS) is 1. The minimum absolute atomic E-state index is 0.140. The fourth-order valence-corrected chi connectivity index (χ4v) is 1.91. The predicted octanol–water partition coefficient (Wildman–Crippen LogP) is 2.12. The number of hydrogen-bond acceptors (Lipinski definition) is 3. The molecule has 1 aromatic rings. The van der Waals surface area contributed by atoms with Crippen molar-refractivity contribution < 1.29 is 19.7 Å². The lowest BCUT2D eigenvalue weighted by Crippen LogP contribution is -2.26. The van der Waals surface area contributed by atoms with E-state index in [4.69, 9.17) is 14.9 Å². The first-order valence-electron chi connectivity index (χ1n) is 5.76. The van der Waals surface area contributed by atoms with E-state index in [1.54, 1.807) is 13.0 Å². The molecule has 0 spiro atoms. The molecule has 0 atom stereocenters. The molecule has 0 radical (unpaired) electrons. The Balaban J connectivity index is 2.36. The highest BCUT2D eigenvalue weighted by Gasteiger charge is 2.23. The van der Waals surface area contributed by atoms with E-state index in [1.165, 1.54) is 6.07 Å². The van der Waals surface area contributed by atoms with E-state index >= 15 is 0 Å². The van der Waals surface area contributed by atoms with Crippen LogP contribution in [-0.4, -0.2) is 22.3 Å². The lowest BCUT2D eigenvalue weighted by molar-refractivity contribution is 0.0678. The van der Waals surface area contributed by atoms with Crippen molar-refractivity contribution >= 4 is 5.97 Å². The molecule has 0 unspecified atom stereocenters. The van der Waals surface area contributed by atoms with Crippen molar-refractivity contribution in [1.29, 1.82) is 0 Å². The van der Waals surface area contributed by atoms with Crippen LogP contribution in [0.3, 0.4) is 0 Å². The van der Waals surface area contributed by atoms with Gasteiger partial charge in [0.25, 0.3) is 0 Å². The molecule has 17 heavy (non-hydrogen) atoms. The Labute approximate surface area is 99.8 Å². The van der Waals surface area contributed by atoms with Gasteiger partial charge in [-0.05, 0) is 43.4 Å². The molecule has 0 aromatic heterocycles. The van der Waals surface area contributed by atoms with Crippen LogP contribution in [0.1, 0.15) is 40.7 Å². The molecule has 2 N–H and O–H groups in total. The van der Waals surface area contributed by atoms with Crippen molar-refractivity contribution in [3.63, 3.8) is 0 Å². The molecule has 0 amide bonds. The van der Waals surface area contributed by atoms with Gasteiger partial charge < -0.3 is 14.9 Å². The molecule has 0 aliphatic heterocycles. The van der Waals surface area contributed by atoms with Gasteiger partial charge in [-0.1, -0.05) is 6.07 Å². The van der Waals surface area contributed by atoms with Crippen LogP contribution in [0.15, 0.2) is 12.1 Å². The Kier molecular flexibility index (Phi) is 3.33. The van der Waals surface area contributed by atoms with E-state index in [1.807, 2.05) is 0 Å². The summed E-state index contributed by atoms with van der Waals surface area (Å²) in [4.78, 5) is 11.2. The quantitative estimate of drug-likeness (QED) is 0.840. The summed E-state index contributed by atoms with van der Waals surface area (Å²) >= 11 is 0. The van der Waals surface area contributed by atoms with Gasteiger partial charge in [0.05, 0.1) is 12.7 Å². The van der Waals surface area contributed by atoms with Gasteiger partial charge in [-0.25, -0.2) is 4.79 Å². The van der Waals surface area contributed by atoms with Crippen molar-refractivity contribution in [3.8, 4) is 5.75 Å². The van der Waals surface area contributed by atoms with Crippen LogP contribution in [0.2, 0.25) is 0 Å². The van der Waals surface area contributed by atoms with Crippen LogP contribution < -0.4 is 4.74 Å². The maximum atomic E-state index is 11.2. The first-order chi connectivity index (χ1) is 8.11. The number of ether oxygens (including phenoxy) is 1. The topological polar surface area (TPSA) is 66.8 Å². The number of rotatable bonds is 4. The maximum absolute atomic E-state index is 11.2. The summed E-state index contributed by atoms with van der Waals surface area (Å²) in [6, 6.07) is 3.24. The molecule has 4 heteroatoms. The summed E-state index contributed by atoms with van der Waals surface area (Å²) in [6.45, 7) is 1.64. The smallest absolute Gasteiger partial charge is 0.339 e. The zero-order valence-corrected chi connectivity index (χ0v) is 9.77. The highest BCUT2D eigenvalue weighted by molar-refractivity contribution is 5.91. The molecule has 1 saturated carbocycles. The summed E-state index contributed by atoms with van der Waals surface area (Å²) in [5, 5.41) is 18.2. The molecule has 1 aliphatic rings. The summed E-state index contributed by atoms with van der Waals surface area (Å²) in [7, 11) is 0. The van der Waals surface area contributed by atoms with Gasteiger partial charge in [0, 0.05) is 0 Å². The Bertz CT molecular complexity index is 435. The van der Waals surface area contributed by atoms with Gasteiger partial charge in [0.15, 0.2) is 0 Å². The summed E-state index contributed by atoms with van der Waals surface area (Å²) in [6.07, 6.45) is 3.26. The number of aromatic carboxylic acids is 1. The third-order valence-corrected chi connectivity index (χ3v) is 3.08. The van der Waals surface area contributed by atoms with Gasteiger partial charge in [-0.3, -0.25) is 0 Å². The molecule has 2 rings (SSSR count). The number of carboxylic acids is 1. The van der Waals surface area contributed by atoms with Gasteiger partial charge in [0.2, 0.25) is 0 Å². The van der Waals surface area contributed by atoms with Crippen LogP contribution in [0, 0.1) is 6.92 Å². The first-order valence-corrected chi connectivity index (χ1v) is 5.76. The average molecular weight is 236 g/mol. The second-order valence-electron chi connectivity index (χ2n) is 4.42. The summed E-state index contributed by atoms with van der Waals surface area (Å²) in [5.41, 5.74) is 1.50. The molecular formula is C13H16O4. The second-order valence-corrected chi connectivity index (χ2v) is 4.42. The maximum Gasteiger partial charge on any atom is 0.339 e. The largest absolute Gasteiger partial charge is 0.489 e. The molecule has 1 aliphatic carbocycles. The molecular weight excluding hydrogens is 220 g/mol. The van der Waals surface area contributed by atoms with Crippen LogP contribution in [0.5, 0.6) is 5.75 Å². The van der Waals surface area contributed by atoms with E-state index in [0.717, 1.165) is 24.8 Å². The molecule has 0 heterocycles. The molecule has 1 aromatic carbocycles. The Morgan fingerprint density at radius 2 is 2.18 bits per heavy atom. The standard InChI is InChI=1S/C13H16O4/c1-8-5-9(7-14)6-11(13(15)16)12(8)17-10-3-2-4-10/h5-6,10,14H,2-4,7H2,1H3,(H,15,16). The minimum Gasteiger partial charge on any atom is -0.489 e. The summed E-state index contributed by atoms with van der Waals surface area (Å²) in [5.74, 6) is -0.572. The lowest BCUT2D eigenvalue weighted by Gasteiger charge is -2.28. The zero-order valence-electron chi connectivity index (χ0n) is 9.77. The second kappa shape index (κ2) is 4.75. The molecule has 92 valence electrons. The van der Waals surface area contributed by atoms with E-state index in [0.29, 0.717) is 11.3 Å². The van der Waals surface area contributed by atoms with E-state index in [-0.39, 0.29) is 18.3 Å². The fourth-order valence-electron chi connectivity index (χ4n) is 1.91. The van der Waals surface area contributed by atoms with Gasteiger partial charge in [0.1, 0.15) is 11.3 Å². The Hall–Kier alpha value is -1.55. The number of hydrogen-bond donors (Lipinski definition) is 2. The van der Waals surface area contributed by atoms with Crippen molar-refractivity contribution in [3.05, 3.63) is 28.8 Å². The molecule has 0 saturated heterocycles. The van der Waals surface area contributed by atoms with Gasteiger partial charge >= 0.3 is 5.97 Å². The van der Waals surface area contributed by atoms with Gasteiger partial charge in [-0.2, -0.15) is 0 Å². The average Bonchev–Trinajstić information content (AvgIpc) is 2.23. The van der Waals surface area contributed by atoms with E-state index < -0.39 is 5.97 Å². The van der Waals surface area contributed by atoms with Crippen LogP contribution in [-0.2, 0) is 6.61 Å².